The summed E-state index contributed by atoms with van der Waals surface area (Å²) < 4.78 is 63.1. The highest BCUT2D eigenvalue weighted by Crippen LogP contribution is 2.31. The molecule has 2 rings (SSSR count). The fourth-order valence-electron chi connectivity index (χ4n) is 2.76. The van der Waals surface area contributed by atoms with Crippen molar-refractivity contribution in [2.45, 2.75) is 32.5 Å². The van der Waals surface area contributed by atoms with Crippen molar-refractivity contribution >= 4 is 21.6 Å². The van der Waals surface area contributed by atoms with E-state index in [1.54, 1.807) is 6.92 Å². The lowest BCUT2D eigenvalue weighted by atomic mass is 10.1. The average molecular weight is 428 g/mol. The van der Waals surface area contributed by atoms with E-state index >= 15 is 0 Å². The second-order valence-electron chi connectivity index (χ2n) is 6.70. The first-order valence-corrected chi connectivity index (χ1v) is 10.8. The molecular weight excluding hydrogens is 405 g/mol. The number of benzene rings is 2. The fraction of sp³-hybridized carbons (Fsp3) is 0.350. The van der Waals surface area contributed by atoms with E-state index in [0.717, 1.165) is 52.4 Å². The summed E-state index contributed by atoms with van der Waals surface area (Å²) in [7, 11) is -3.88. The maximum atomic E-state index is 12.7. The van der Waals surface area contributed by atoms with Gasteiger partial charge in [-0.15, -0.1) is 0 Å². The van der Waals surface area contributed by atoms with Gasteiger partial charge in [0.05, 0.1) is 23.5 Å². The third-order valence-corrected chi connectivity index (χ3v) is 5.58. The van der Waals surface area contributed by atoms with Crippen LogP contribution in [0.3, 0.4) is 0 Å². The minimum Gasteiger partial charge on any atom is -0.348 e. The minimum absolute atomic E-state index is 0.0180. The number of alkyl halides is 3. The van der Waals surface area contributed by atoms with Crippen molar-refractivity contribution in [1.82, 2.24) is 5.32 Å². The molecule has 0 fully saturated rings. The van der Waals surface area contributed by atoms with Crippen molar-refractivity contribution in [3.05, 3.63) is 65.2 Å². The van der Waals surface area contributed by atoms with E-state index in [0.29, 0.717) is 0 Å². The third kappa shape index (κ3) is 6.22. The predicted molar refractivity (Wildman–Crippen MR) is 106 cm³/mol. The number of carbonyl (C=O) groups excluding carboxylic acids is 1. The zero-order valence-corrected chi connectivity index (χ0v) is 17.1. The molecule has 0 heterocycles. The second-order valence-corrected chi connectivity index (χ2v) is 8.61. The van der Waals surface area contributed by atoms with Gasteiger partial charge >= 0.3 is 6.18 Å². The Labute approximate surface area is 168 Å². The summed E-state index contributed by atoms with van der Waals surface area (Å²) in [5, 5.41) is 2.72. The number of halogens is 3. The first kappa shape index (κ1) is 22.7. The fourth-order valence-corrected chi connectivity index (χ4v) is 3.62. The molecule has 0 aromatic heterocycles. The van der Waals surface area contributed by atoms with Gasteiger partial charge in [0.15, 0.2) is 0 Å². The van der Waals surface area contributed by atoms with Crippen molar-refractivity contribution in [2.75, 3.05) is 17.1 Å². The van der Waals surface area contributed by atoms with Crippen LogP contribution in [0.25, 0.3) is 0 Å². The van der Waals surface area contributed by atoms with E-state index in [1.807, 2.05) is 31.2 Å². The number of rotatable bonds is 7. The standard InChI is InChI=1S/C20H23F3N2O3S/c1-4-15-5-7-16(8-6-15)14(2)24-19(26)13-25(29(3,27)28)18-11-9-17(10-12-18)20(21,22)23/h5-12,14H,4,13H2,1-3H3,(H,24,26). The Morgan fingerprint density at radius 3 is 2.07 bits per heavy atom. The van der Waals surface area contributed by atoms with E-state index in [9.17, 15) is 26.4 Å². The first-order valence-electron chi connectivity index (χ1n) is 8.95. The number of aryl methyl sites for hydroxylation is 1. The summed E-state index contributed by atoms with van der Waals surface area (Å²) in [6, 6.07) is 10.9. The first-order chi connectivity index (χ1) is 13.4. The van der Waals surface area contributed by atoms with Crippen molar-refractivity contribution in [2.24, 2.45) is 0 Å². The Morgan fingerprint density at radius 1 is 1.07 bits per heavy atom. The topological polar surface area (TPSA) is 66.5 Å². The molecule has 2 aromatic rings. The van der Waals surface area contributed by atoms with Crippen LogP contribution >= 0.6 is 0 Å². The molecule has 1 amide bonds. The monoisotopic (exact) mass is 428 g/mol. The van der Waals surface area contributed by atoms with Crippen molar-refractivity contribution < 1.29 is 26.4 Å². The summed E-state index contributed by atoms with van der Waals surface area (Å²) in [5.74, 6) is -0.567. The molecule has 0 saturated heterocycles. The normalized spacial score (nSPS) is 13.0. The number of nitrogens with zero attached hydrogens (tertiary/aromatic N) is 1. The molecule has 2 aromatic carbocycles. The Morgan fingerprint density at radius 2 is 1.62 bits per heavy atom. The Kier molecular flexibility index (Phi) is 6.94. The van der Waals surface area contributed by atoms with Crippen LogP contribution in [-0.4, -0.2) is 27.1 Å². The molecule has 0 bridgehead atoms. The average Bonchev–Trinajstić information content (AvgIpc) is 2.64. The van der Waals surface area contributed by atoms with Gasteiger partial charge in [-0.05, 0) is 48.7 Å². The molecule has 0 aliphatic carbocycles. The number of sulfonamides is 1. The molecule has 9 heteroatoms. The summed E-state index contributed by atoms with van der Waals surface area (Å²) in [4.78, 5) is 12.4. The van der Waals surface area contributed by atoms with E-state index in [-0.39, 0.29) is 11.7 Å². The number of hydrogen-bond acceptors (Lipinski definition) is 3. The number of carbonyl (C=O) groups is 1. The van der Waals surface area contributed by atoms with Gasteiger partial charge in [-0.2, -0.15) is 13.2 Å². The Hall–Kier alpha value is -2.55. The SMILES string of the molecule is CCc1ccc(C(C)NC(=O)CN(c2ccc(C(F)(F)F)cc2)S(C)(=O)=O)cc1. The molecule has 1 N–H and O–H groups in total. The molecular formula is C20H23F3N2O3S. The van der Waals surface area contributed by atoms with Crippen molar-refractivity contribution in [3.8, 4) is 0 Å². The maximum Gasteiger partial charge on any atom is 0.416 e. The molecule has 0 spiro atoms. The Balaban J connectivity index is 2.14. The third-order valence-electron chi connectivity index (χ3n) is 4.44. The van der Waals surface area contributed by atoms with Gasteiger partial charge in [0.25, 0.3) is 0 Å². The highest BCUT2D eigenvalue weighted by Gasteiger charge is 2.31. The minimum atomic E-state index is -4.53. The number of anilines is 1. The van der Waals surface area contributed by atoms with Crippen molar-refractivity contribution in [3.63, 3.8) is 0 Å². The molecule has 0 radical (unpaired) electrons. The lowest BCUT2D eigenvalue weighted by molar-refractivity contribution is -0.137. The molecule has 1 unspecified atom stereocenters. The molecule has 0 aliphatic rings. The number of hydrogen-bond donors (Lipinski definition) is 1. The van der Waals surface area contributed by atoms with Crippen LogP contribution in [0.5, 0.6) is 0 Å². The molecule has 158 valence electrons. The van der Waals surface area contributed by atoms with Gasteiger partial charge < -0.3 is 5.32 Å². The Bertz CT molecular complexity index is 940. The van der Waals surface area contributed by atoms with E-state index in [4.69, 9.17) is 0 Å². The van der Waals surface area contributed by atoms with Crippen LogP contribution in [0.1, 0.15) is 36.6 Å². The highest BCUT2D eigenvalue weighted by atomic mass is 32.2. The maximum absolute atomic E-state index is 12.7. The molecule has 0 saturated carbocycles. The van der Waals surface area contributed by atoms with Crippen LogP contribution in [0, 0.1) is 0 Å². The van der Waals surface area contributed by atoms with E-state index in [2.05, 4.69) is 5.32 Å². The zero-order chi connectivity index (χ0) is 21.8. The summed E-state index contributed by atoms with van der Waals surface area (Å²) in [5.41, 5.74) is 1.09. The molecule has 1 atom stereocenters. The predicted octanol–water partition coefficient (Wildman–Crippen LogP) is 3.91. The molecule has 0 aliphatic heterocycles. The number of nitrogens with one attached hydrogen (secondary N) is 1. The van der Waals surface area contributed by atoms with Crippen LogP contribution in [0.4, 0.5) is 18.9 Å². The molecule has 29 heavy (non-hydrogen) atoms. The van der Waals surface area contributed by atoms with Crippen molar-refractivity contribution in [1.29, 1.82) is 0 Å². The van der Waals surface area contributed by atoms with Gasteiger partial charge in [0.1, 0.15) is 6.54 Å². The van der Waals surface area contributed by atoms with E-state index < -0.39 is 34.2 Å². The quantitative estimate of drug-likeness (QED) is 0.727. The van der Waals surface area contributed by atoms with Gasteiger partial charge in [0, 0.05) is 0 Å². The smallest absolute Gasteiger partial charge is 0.348 e. The van der Waals surface area contributed by atoms with Crippen LogP contribution in [0.15, 0.2) is 48.5 Å². The number of amides is 1. The molecule has 5 nitrogen and oxygen atoms in total. The zero-order valence-electron chi connectivity index (χ0n) is 16.3. The lowest BCUT2D eigenvalue weighted by Crippen LogP contribution is -2.41. The van der Waals surface area contributed by atoms with Crippen LogP contribution in [-0.2, 0) is 27.4 Å². The summed E-state index contributed by atoms with van der Waals surface area (Å²) >= 11 is 0. The lowest BCUT2D eigenvalue weighted by Gasteiger charge is -2.23. The van der Waals surface area contributed by atoms with Gasteiger partial charge in [-0.1, -0.05) is 31.2 Å². The second kappa shape index (κ2) is 8.86. The van der Waals surface area contributed by atoms with Gasteiger partial charge in [0.2, 0.25) is 15.9 Å². The highest BCUT2D eigenvalue weighted by molar-refractivity contribution is 7.92. The van der Waals surface area contributed by atoms with Crippen LogP contribution in [0.2, 0.25) is 0 Å². The van der Waals surface area contributed by atoms with Gasteiger partial charge in [-0.25, -0.2) is 8.42 Å². The van der Waals surface area contributed by atoms with E-state index in [1.165, 1.54) is 0 Å². The largest absolute Gasteiger partial charge is 0.416 e. The summed E-state index contributed by atoms with van der Waals surface area (Å²) in [6.45, 7) is 3.25. The van der Waals surface area contributed by atoms with Gasteiger partial charge in [-0.3, -0.25) is 9.10 Å². The summed E-state index contributed by atoms with van der Waals surface area (Å²) in [6.07, 6.45) is -2.75. The van der Waals surface area contributed by atoms with Crippen LogP contribution < -0.4 is 9.62 Å².